The summed E-state index contributed by atoms with van der Waals surface area (Å²) in [6.45, 7) is 2.65. The predicted molar refractivity (Wildman–Crippen MR) is 279 cm³/mol. The lowest BCUT2D eigenvalue weighted by atomic mass is 10.1. The van der Waals surface area contributed by atoms with Gasteiger partial charge in [-0.25, -0.2) is 0 Å². The molecule has 3 atom stereocenters. The van der Waals surface area contributed by atoms with Crippen molar-refractivity contribution >= 4 is 80.3 Å². The van der Waals surface area contributed by atoms with E-state index < -0.39 is 6.04 Å². The fourth-order valence-electron chi connectivity index (χ4n) is 9.07. The molecule has 9 rings (SSSR count). The standard InChI is InChI=1S/C54H56N6O9S2/c1-33(61)43(55)15-18-70-71-19-16-56-52(62)14-8-9-17-67-40-21-34(31-68-50-27-44-41(25-48(50)65-2)53(63)59-38(29-57-44)23-36-10-4-6-12-46(36)59)20-35(22-40)32-69-51-28-45-42(26-49(51)66-3)54(64)60-39(30-58-45)24-37-11-5-7-13-47(37)60/h4-7,10-13,20-22,25-30,38-39,43H,8-9,14-19,23-24,31-32,55H2,1-3H3,(H,56,62). The second kappa shape index (κ2) is 22.5. The minimum atomic E-state index is -0.421. The van der Waals surface area contributed by atoms with E-state index in [1.807, 2.05) is 79.2 Å². The number of nitrogens with one attached hydrogen (secondary N) is 1. The van der Waals surface area contributed by atoms with Gasteiger partial charge in [0.25, 0.3) is 11.8 Å². The van der Waals surface area contributed by atoms with Crippen LogP contribution in [0.3, 0.4) is 0 Å². The molecule has 3 unspecified atom stereocenters. The van der Waals surface area contributed by atoms with Gasteiger partial charge >= 0.3 is 0 Å². The first-order valence-corrected chi connectivity index (χ1v) is 26.2. The number of nitrogens with zero attached hydrogens (tertiary/aromatic N) is 4. The van der Waals surface area contributed by atoms with Crippen molar-refractivity contribution in [3.05, 3.63) is 124 Å². The lowest BCUT2D eigenvalue weighted by Gasteiger charge is -2.22. The number of ether oxygens (including phenoxy) is 5. The first-order valence-electron chi connectivity index (χ1n) is 23.7. The lowest BCUT2D eigenvalue weighted by Crippen LogP contribution is -2.37. The predicted octanol–water partition coefficient (Wildman–Crippen LogP) is 8.79. The third kappa shape index (κ3) is 11.2. The minimum Gasteiger partial charge on any atom is -0.494 e. The zero-order valence-electron chi connectivity index (χ0n) is 39.9. The number of hydrogen-bond acceptors (Lipinski definition) is 14. The number of carbonyl (C=O) groups is 4. The molecule has 0 saturated heterocycles. The van der Waals surface area contributed by atoms with Gasteiger partial charge in [0.05, 0.1) is 61.5 Å². The van der Waals surface area contributed by atoms with Crippen molar-refractivity contribution in [2.45, 2.75) is 76.8 Å². The van der Waals surface area contributed by atoms with E-state index in [1.165, 1.54) is 21.1 Å². The van der Waals surface area contributed by atoms with E-state index >= 15 is 0 Å². The van der Waals surface area contributed by atoms with Crippen molar-refractivity contribution < 1.29 is 42.9 Å². The van der Waals surface area contributed by atoms with E-state index in [-0.39, 0.29) is 48.8 Å². The SMILES string of the molecule is COc1cc2c(cc1OCc1cc(COc3cc4c(cc3OC)C(=O)N3c5ccccc5CC3C=N4)cc(OCCCCC(=O)NCCSSCCC(N)C(C)=O)c1)N=CC1Cc3ccccc3N1C2=O. The molecule has 3 amide bonds. The highest BCUT2D eigenvalue weighted by molar-refractivity contribution is 8.76. The number of rotatable bonds is 22. The summed E-state index contributed by atoms with van der Waals surface area (Å²) >= 11 is 0. The molecule has 0 spiro atoms. The summed E-state index contributed by atoms with van der Waals surface area (Å²) < 4.78 is 30.8. The normalized spacial score (nSPS) is 16.4. The molecule has 0 radical (unpaired) electrons. The molecule has 0 saturated carbocycles. The molecule has 5 aromatic rings. The molecule has 4 heterocycles. The Bertz CT molecular complexity index is 2730. The van der Waals surface area contributed by atoms with Crippen molar-refractivity contribution in [1.82, 2.24) is 5.32 Å². The molecule has 17 heteroatoms. The number of amides is 3. The van der Waals surface area contributed by atoms with Crippen LogP contribution in [0.15, 0.2) is 101 Å². The molecular formula is C54H56N6O9S2. The Balaban J connectivity index is 0.875. The number of unbranched alkanes of at least 4 members (excludes halogenated alkanes) is 1. The molecule has 4 aliphatic heterocycles. The van der Waals surface area contributed by atoms with Crippen LogP contribution in [0.1, 0.15) is 75.6 Å². The summed E-state index contributed by atoms with van der Waals surface area (Å²) in [5, 5.41) is 2.97. The van der Waals surface area contributed by atoms with Crippen LogP contribution in [0.4, 0.5) is 22.7 Å². The number of Topliss-reactive ketones (excluding diaryl/α,β-unsaturated/α-hetero) is 1. The highest BCUT2D eigenvalue weighted by Gasteiger charge is 2.38. The second-order valence-electron chi connectivity index (χ2n) is 17.6. The Morgan fingerprint density at radius 3 is 1.77 bits per heavy atom. The zero-order valence-corrected chi connectivity index (χ0v) is 41.5. The summed E-state index contributed by atoms with van der Waals surface area (Å²) in [7, 11) is 6.38. The molecule has 368 valence electrons. The second-order valence-corrected chi connectivity index (χ2v) is 20.3. The Labute approximate surface area is 420 Å². The van der Waals surface area contributed by atoms with Crippen LogP contribution in [-0.2, 0) is 35.6 Å². The maximum absolute atomic E-state index is 14.0. The molecule has 15 nitrogen and oxygen atoms in total. The molecule has 0 bridgehead atoms. The summed E-state index contributed by atoms with van der Waals surface area (Å²) in [6.07, 6.45) is 7.30. The monoisotopic (exact) mass is 996 g/mol. The Hall–Kier alpha value is -6.82. The highest BCUT2D eigenvalue weighted by atomic mass is 33.1. The van der Waals surface area contributed by atoms with Gasteiger partial charge in [0, 0.05) is 73.2 Å². The van der Waals surface area contributed by atoms with Crippen LogP contribution in [0, 0.1) is 0 Å². The van der Waals surface area contributed by atoms with Gasteiger partial charge in [-0.1, -0.05) is 58.0 Å². The first kappa shape index (κ1) is 49.2. The molecule has 5 aromatic carbocycles. The smallest absolute Gasteiger partial charge is 0.261 e. The number of methoxy groups -OCH3 is 2. The van der Waals surface area contributed by atoms with E-state index in [9.17, 15) is 19.2 Å². The number of fused-ring (bicyclic) bond motifs is 8. The number of ketones is 1. The van der Waals surface area contributed by atoms with Crippen molar-refractivity contribution in [2.75, 3.05) is 48.7 Å². The average Bonchev–Trinajstić information content (AvgIpc) is 3.87. The highest BCUT2D eigenvalue weighted by Crippen LogP contribution is 2.43. The van der Waals surface area contributed by atoms with Gasteiger partial charge in [-0.2, -0.15) is 0 Å². The summed E-state index contributed by atoms with van der Waals surface area (Å²) in [4.78, 5) is 65.1. The van der Waals surface area contributed by atoms with Crippen LogP contribution in [0.5, 0.6) is 28.7 Å². The van der Waals surface area contributed by atoms with Crippen molar-refractivity contribution in [1.29, 1.82) is 0 Å². The van der Waals surface area contributed by atoms with Gasteiger partial charge in [-0.3, -0.25) is 39.0 Å². The van der Waals surface area contributed by atoms with Crippen molar-refractivity contribution in [3.8, 4) is 28.7 Å². The van der Waals surface area contributed by atoms with Gasteiger partial charge in [0.2, 0.25) is 5.91 Å². The van der Waals surface area contributed by atoms with Crippen LogP contribution >= 0.6 is 21.6 Å². The number of para-hydroxylation sites is 2. The number of anilines is 2. The molecule has 71 heavy (non-hydrogen) atoms. The van der Waals surface area contributed by atoms with Crippen molar-refractivity contribution in [3.63, 3.8) is 0 Å². The largest absolute Gasteiger partial charge is 0.494 e. The van der Waals surface area contributed by atoms with E-state index in [2.05, 4.69) is 5.32 Å². The van der Waals surface area contributed by atoms with E-state index in [0.29, 0.717) is 103 Å². The van der Waals surface area contributed by atoms with Crippen LogP contribution in [-0.4, -0.2) is 92.9 Å². The van der Waals surface area contributed by atoms with Crippen LogP contribution in [0.2, 0.25) is 0 Å². The maximum Gasteiger partial charge on any atom is 0.261 e. The van der Waals surface area contributed by atoms with Gasteiger partial charge < -0.3 is 34.7 Å². The summed E-state index contributed by atoms with van der Waals surface area (Å²) in [5.41, 5.74) is 13.1. The molecule has 0 aliphatic carbocycles. The summed E-state index contributed by atoms with van der Waals surface area (Å²) in [6, 6.07) is 27.6. The number of nitrogens with two attached hydrogens (primary N) is 1. The van der Waals surface area contributed by atoms with Crippen molar-refractivity contribution in [2.24, 2.45) is 15.7 Å². The molecular weight excluding hydrogens is 941 g/mol. The fraction of sp³-hybridized carbons (Fsp3) is 0.333. The quantitative estimate of drug-likeness (QED) is 0.0497. The van der Waals surface area contributed by atoms with Gasteiger partial charge in [0.15, 0.2) is 23.0 Å². The topological polar surface area (TPSA) is 184 Å². The van der Waals surface area contributed by atoms with E-state index in [0.717, 1.165) is 45.1 Å². The molecule has 4 aliphatic rings. The first-order chi connectivity index (χ1) is 34.6. The maximum atomic E-state index is 14.0. The zero-order chi connectivity index (χ0) is 49.4. The number of benzene rings is 5. The third-order valence-corrected chi connectivity index (χ3v) is 15.2. The fourth-order valence-corrected chi connectivity index (χ4v) is 11.1. The van der Waals surface area contributed by atoms with Gasteiger partial charge in [-0.15, -0.1) is 0 Å². The summed E-state index contributed by atoms with van der Waals surface area (Å²) in [5.74, 6) is 3.40. The molecule has 0 aromatic heterocycles. The third-order valence-electron chi connectivity index (χ3n) is 12.8. The number of carbonyl (C=O) groups excluding carboxylic acids is 4. The lowest BCUT2D eigenvalue weighted by molar-refractivity contribution is -0.121. The van der Waals surface area contributed by atoms with E-state index in [4.69, 9.17) is 39.4 Å². The van der Waals surface area contributed by atoms with Gasteiger partial charge in [-0.05, 0) is 90.9 Å². The Morgan fingerprint density at radius 1 is 0.704 bits per heavy atom. The Morgan fingerprint density at radius 2 is 1.24 bits per heavy atom. The molecule has 0 fully saturated rings. The number of aliphatic imine (C=N–C) groups is 2. The van der Waals surface area contributed by atoms with Crippen LogP contribution in [0.25, 0.3) is 0 Å². The van der Waals surface area contributed by atoms with E-state index in [1.54, 1.807) is 55.7 Å². The minimum absolute atomic E-state index is 0.00682. The van der Waals surface area contributed by atoms with Crippen LogP contribution < -0.4 is 44.5 Å². The Kier molecular flexibility index (Phi) is 15.6. The molecule has 3 N–H and O–H groups in total. The number of hydrogen-bond donors (Lipinski definition) is 2. The average molecular weight is 997 g/mol. The van der Waals surface area contributed by atoms with Gasteiger partial charge in [0.1, 0.15) is 24.7 Å².